The Kier molecular flexibility index (Phi) is 8.75. The summed E-state index contributed by atoms with van der Waals surface area (Å²) in [6.45, 7) is 7.32. The SMILES string of the molecule is CCOC(=O)C1=C(C)NC(C)=C(C(=O)OC)C1c1ccc(OCC(=O)N2CCOCC2)c(OC)c1. The number of carbonyl (C=O) groups is 3. The predicted octanol–water partition coefficient (Wildman–Crippen LogP) is 1.90. The van der Waals surface area contributed by atoms with Crippen LogP contribution >= 0.6 is 0 Å². The summed E-state index contributed by atoms with van der Waals surface area (Å²) in [4.78, 5) is 39.8. The van der Waals surface area contributed by atoms with E-state index in [0.717, 1.165) is 0 Å². The smallest absolute Gasteiger partial charge is 0.336 e. The highest BCUT2D eigenvalue weighted by atomic mass is 16.5. The number of nitrogens with zero attached hydrogens (tertiary/aromatic N) is 1. The maximum Gasteiger partial charge on any atom is 0.336 e. The number of benzene rings is 1. The number of carbonyl (C=O) groups excluding carboxylic acids is 3. The van der Waals surface area contributed by atoms with Crippen molar-refractivity contribution in [2.75, 3.05) is 53.7 Å². The van der Waals surface area contributed by atoms with Gasteiger partial charge in [0.1, 0.15) is 0 Å². The summed E-state index contributed by atoms with van der Waals surface area (Å²) in [5.41, 5.74) is 2.35. The maximum absolute atomic E-state index is 12.9. The molecule has 1 aromatic rings. The number of hydrogen-bond donors (Lipinski definition) is 1. The summed E-state index contributed by atoms with van der Waals surface area (Å²) in [6.07, 6.45) is 0. The predicted molar refractivity (Wildman–Crippen MR) is 126 cm³/mol. The molecule has 0 radical (unpaired) electrons. The van der Waals surface area contributed by atoms with Gasteiger partial charge in [-0.1, -0.05) is 6.07 Å². The summed E-state index contributed by atoms with van der Waals surface area (Å²) in [7, 11) is 2.77. The number of methoxy groups -OCH3 is 2. The van der Waals surface area contributed by atoms with Gasteiger partial charge in [-0.15, -0.1) is 0 Å². The number of morpholine rings is 1. The summed E-state index contributed by atoms with van der Waals surface area (Å²) in [5.74, 6) is -1.27. The molecule has 1 amide bonds. The van der Waals surface area contributed by atoms with Crippen molar-refractivity contribution in [2.45, 2.75) is 26.7 Å². The average molecular weight is 489 g/mol. The standard InChI is InChI=1S/C25H32N2O8/c1-6-34-25(30)22-16(3)26-15(2)21(24(29)32-5)23(22)17-7-8-18(19(13-17)31-4)35-14-20(28)27-9-11-33-12-10-27/h7-8,13,23,26H,6,9-12,14H2,1-5H3. The molecular formula is C25H32N2O8. The van der Waals surface area contributed by atoms with Gasteiger partial charge in [-0.2, -0.15) is 0 Å². The van der Waals surface area contributed by atoms with Crippen LogP contribution < -0.4 is 14.8 Å². The second-order valence-electron chi connectivity index (χ2n) is 8.04. The molecule has 0 bridgehead atoms. The Morgan fingerprint density at radius 1 is 1.03 bits per heavy atom. The molecule has 10 nitrogen and oxygen atoms in total. The molecule has 1 fully saturated rings. The van der Waals surface area contributed by atoms with Crippen LogP contribution in [0.5, 0.6) is 11.5 Å². The lowest BCUT2D eigenvalue weighted by molar-refractivity contribution is -0.139. The van der Waals surface area contributed by atoms with Crippen molar-refractivity contribution in [1.82, 2.24) is 10.2 Å². The number of dihydropyridines is 1. The number of esters is 2. The monoisotopic (exact) mass is 488 g/mol. The maximum atomic E-state index is 12.9. The van der Waals surface area contributed by atoms with Crippen LogP contribution in [0.25, 0.3) is 0 Å². The van der Waals surface area contributed by atoms with Crippen LogP contribution in [0.1, 0.15) is 32.3 Å². The van der Waals surface area contributed by atoms with E-state index in [4.69, 9.17) is 23.7 Å². The van der Waals surface area contributed by atoms with Crippen molar-refractivity contribution in [3.05, 3.63) is 46.3 Å². The molecule has 0 saturated carbocycles. The molecule has 0 spiro atoms. The number of allylic oxidation sites excluding steroid dienone is 2. The third kappa shape index (κ3) is 5.76. The zero-order valence-corrected chi connectivity index (χ0v) is 20.8. The van der Waals surface area contributed by atoms with E-state index in [-0.39, 0.29) is 19.1 Å². The highest BCUT2D eigenvalue weighted by molar-refractivity contribution is 5.99. The molecule has 190 valence electrons. The molecule has 1 N–H and O–H groups in total. The van der Waals surface area contributed by atoms with Crippen LogP contribution in [0.3, 0.4) is 0 Å². The Morgan fingerprint density at radius 2 is 1.69 bits per heavy atom. The zero-order chi connectivity index (χ0) is 25.5. The Balaban J connectivity index is 1.94. The fraction of sp³-hybridized carbons (Fsp3) is 0.480. The van der Waals surface area contributed by atoms with E-state index < -0.39 is 17.9 Å². The fourth-order valence-electron chi connectivity index (χ4n) is 4.21. The lowest BCUT2D eigenvalue weighted by Gasteiger charge is -2.30. The summed E-state index contributed by atoms with van der Waals surface area (Å²) in [5, 5.41) is 3.09. The molecule has 0 aromatic heterocycles. The first-order valence-corrected chi connectivity index (χ1v) is 11.4. The third-order valence-corrected chi connectivity index (χ3v) is 5.90. The molecular weight excluding hydrogens is 456 g/mol. The van der Waals surface area contributed by atoms with E-state index in [0.29, 0.717) is 65.9 Å². The van der Waals surface area contributed by atoms with Gasteiger partial charge < -0.3 is 33.9 Å². The molecule has 2 heterocycles. The van der Waals surface area contributed by atoms with Crippen LogP contribution in [0.4, 0.5) is 0 Å². The molecule has 3 rings (SSSR count). The van der Waals surface area contributed by atoms with E-state index in [9.17, 15) is 14.4 Å². The quantitative estimate of drug-likeness (QED) is 0.548. The summed E-state index contributed by atoms with van der Waals surface area (Å²) in [6, 6.07) is 5.08. The van der Waals surface area contributed by atoms with E-state index in [1.165, 1.54) is 14.2 Å². The van der Waals surface area contributed by atoms with Crippen LogP contribution in [0.2, 0.25) is 0 Å². The molecule has 1 atom stereocenters. The Hall–Kier alpha value is -3.53. The van der Waals surface area contributed by atoms with Gasteiger partial charge in [0.05, 0.1) is 51.1 Å². The highest BCUT2D eigenvalue weighted by Crippen LogP contribution is 2.42. The zero-order valence-electron chi connectivity index (χ0n) is 20.8. The minimum atomic E-state index is -0.749. The van der Waals surface area contributed by atoms with Crippen LogP contribution in [-0.2, 0) is 28.6 Å². The second kappa shape index (κ2) is 11.7. The minimum Gasteiger partial charge on any atom is -0.493 e. The number of nitrogens with one attached hydrogen (secondary N) is 1. The number of amides is 1. The van der Waals surface area contributed by atoms with Crippen molar-refractivity contribution in [3.63, 3.8) is 0 Å². The van der Waals surface area contributed by atoms with Crippen molar-refractivity contribution in [2.24, 2.45) is 0 Å². The minimum absolute atomic E-state index is 0.146. The van der Waals surface area contributed by atoms with Gasteiger partial charge in [-0.25, -0.2) is 9.59 Å². The number of rotatable bonds is 8. The first kappa shape index (κ1) is 26.1. The van der Waals surface area contributed by atoms with Gasteiger partial charge in [0.15, 0.2) is 18.1 Å². The molecule has 35 heavy (non-hydrogen) atoms. The van der Waals surface area contributed by atoms with E-state index in [2.05, 4.69) is 5.32 Å². The van der Waals surface area contributed by atoms with Crippen LogP contribution in [-0.4, -0.2) is 76.5 Å². The topological polar surface area (TPSA) is 113 Å². The second-order valence-corrected chi connectivity index (χ2v) is 8.04. The van der Waals surface area contributed by atoms with Crippen LogP contribution in [0, 0.1) is 0 Å². The van der Waals surface area contributed by atoms with Crippen molar-refractivity contribution in [3.8, 4) is 11.5 Å². The van der Waals surface area contributed by atoms with Crippen molar-refractivity contribution in [1.29, 1.82) is 0 Å². The molecule has 1 aromatic carbocycles. The molecule has 2 aliphatic rings. The lowest BCUT2D eigenvalue weighted by Crippen LogP contribution is -2.43. The average Bonchev–Trinajstić information content (AvgIpc) is 2.86. The van der Waals surface area contributed by atoms with Gasteiger partial charge in [0.25, 0.3) is 5.91 Å². The number of hydrogen-bond acceptors (Lipinski definition) is 9. The molecule has 1 saturated heterocycles. The highest BCUT2D eigenvalue weighted by Gasteiger charge is 2.38. The molecule has 0 aliphatic carbocycles. The number of ether oxygens (including phenoxy) is 5. The van der Waals surface area contributed by atoms with Gasteiger partial charge >= 0.3 is 11.9 Å². The molecule has 10 heteroatoms. The lowest BCUT2D eigenvalue weighted by atomic mass is 9.80. The van der Waals surface area contributed by atoms with Crippen LogP contribution in [0.15, 0.2) is 40.7 Å². The molecule has 2 aliphatic heterocycles. The summed E-state index contributed by atoms with van der Waals surface area (Å²) < 4.78 is 26.9. The first-order valence-electron chi connectivity index (χ1n) is 11.4. The largest absolute Gasteiger partial charge is 0.493 e. The van der Waals surface area contributed by atoms with Gasteiger partial charge in [-0.05, 0) is 38.5 Å². The normalized spacial score (nSPS) is 18.1. The fourth-order valence-corrected chi connectivity index (χ4v) is 4.21. The van der Waals surface area contributed by atoms with E-state index >= 15 is 0 Å². The van der Waals surface area contributed by atoms with Gasteiger partial charge in [0.2, 0.25) is 0 Å². The van der Waals surface area contributed by atoms with Crippen molar-refractivity contribution < 1.29 is 38.1 Å². The summed E-state index contributed by atoms with van der Waals surface area (Å²) >= 11 is 0. The third-order valence-electron chi connectivity index (χ3n) is 5.90. The van der Waals surface area contributed by atoms with E-state index in [1.807, 2.05) is 0 Å². The van der Waals surface area contributed by atoms with Crippen molar-refractivity contribution >= 4 is 17.8 Å². The first-order chi connectivity index (χ1) is 16.8. The molecule has 1 unspecified atom stereocenters. The Labute approximate surface area is 204 Å². The van der Waals surface area contributed by atoms with E-state index in [1.54, 1.807) is 43.9 Å². The Morgan fingerprint density at radius 3 is 2.29 bits per heavy atom. The Bertz CT molecular complexity index is 1040. The van der Waals surface area contributed by atoms with Gasteiger partial charge in [0, 0.05) is 24.5 Å². The van der Waals surface area contributed by atoms with Gasteiger partial charge in [-0.3, -0.25) is 4.79 Å².